The lowest BCUT2D eigenvalue weighted by atomic mass is 10.0. The van der Waals surface area contributed by atoms with Gasteiger partial charge in [0.1, 0.15) is 0 Å². The van der Waals surface area contributed by atoms with Crippen LogP contribution in [0.5, 0.6) is 11.5 Å². The lowest BCUT2D eigenvalue weighted by Gasteiger charge is -2.20. The molecule has 1 atom stereocenters. The second kappa shape index (κ2) is 10.5. The predicted octanol–water partition coefficient (Wildman–Crippen LogP) is 4.40. The zero-order chi connectivity index (χ0) is 15.5. The molecule has 0 saturated carbocycles. The van der Waals surface area contributed by atoms with Gasteiger partial charge in [-0.15, -0.1) is 0 Å². The number of unbranched alkanes of at least 4 members (excludes halogenated alkanes) is 1. The molecule has 0 heterocycles. The molecular formula is C18H31NO2. The molecule has 1 aromatic carbocycles. The van der Waals surface area contributed by atoms with E-state index in [0.717, 1.165) is 36.6 Å². The van der Waals surface area contributed by atoms with Crippen LogP contribution < -0.4 is 14.8 Å². The van der Waals surface area contributed by atoms with E-state index in [2.05, 4.69) is 25.2 Å². The molecule has 1 N–H and O–H groups in total. The molecule has 0 aliphatic rings. The van der Waals surface area contributed by atoms with Crippen LogP contribution in [0.25, 0.3) is 0 Å². The standard InChI is InChI=1S/C18H31NO2/c1-5-8-10-15(6-2)14-21-18-16(13-19-4)11-9-12-17(18)20-7-3/h9,11-12,15,19H,5-8,10,13-14H2,1-4H3. The van der Waals surface area contributed by atoms with Gasteiger partial charge >= 0.3 is 0 Å². The van der Waals surface area contributed by atoms with Gasteiger partial charge in [0.15, 0.2) is 11.5 Å². The van der Waals surface area contributed by atoms with E-state index in [-0.39, 0.29) is 0 Å². The Morgan fingerprint density at radius 2 is 1.95 bits per heavy atom. The summed E-state index contributed by atoms with van der Waals surface area (Å²) in [6, 6.07) is 6.12. The van der Waals surface area contributed by atoms with Crippen molar-refractivity contribution in [3.05, 3.63) is 23.8 Å². The molecule has 0 aliphatic carbocycles. The summed E-state index contributed by atoms with van der Waals surface area (Å²) in [7, 11) is 1.95. The van der Waals surface area contributed by atoms with Crippen LogP contribution in [0.15, 0.2) is 18.2 Å². The van der Waals surface area contributed by atoms with Crippen molar-refractivity contribution in [2.45, 2.75) is 53.0 Å². The molecule has 120 valence electrons. The molecule has 0 radical (unpaired) electrons. The highest BCUT2D eigenvalue weighted by atomic mass is 16.5. The van der Waals surface area contributed by atoms with Gasteiger partial charge in [-0.05, 0) is 32.4 Å². The van der Waals surface area contributed by atoms with Gasteiger partial charge in [-0.2, -0.15) is 0 Å². The quantitative estimate of drug-likeness (QED) is 0.656. The van der Waals surface area contributed by atoms with Crippen LogP contribution in [0, 0.1) is 5.92 Å². The lowest BCUT2D eigenvalue weighted by molar-refractivity contribution is 0.217. The normalized spacial score (nSPS) is 12.2. The lowest BCUT2D eigenvalue weighted by Crippen LogP contribution is -2.14. The molecule has 1 rings (SSSR count). The Kier molecular flexibility index (Phi) is 8.91. The number of nitrogens with one attached hydrogen (secondary N) is 1. The Morgan fingerprint density at radius 1 is 1.14 bits per heavy atom. The maximum absolute atomic E-state index is 6.16. The van der Waals surface area contributed by atoms with Gasteiger partial charge in [-0.25, -0.2) is 0 Å². The van der Waals surface area contributed by atoms with Crippen molar-refractivity contribution in [2.75, 3.05) is 20.3 Å². The monoisotopic (exact) mass is 293 g/mol. The van der Waals surface area contributed by atoms with Crippen molar-refractivity contribution in [3.8, 4) is 11.5 Å². The molecule has 1 aromatic rings. The Morgan fingerprint density at radius 3 is 2.57 bits per heavy atom. The first kappa shape index (κ1) is 17.8. The van der Waals surface area contributed by atoms with Gasteiger partial charge < -0.3 is 14.8 Å². The minimum Gasteiger partial charge on any atom is -0.490 e. The van der Waals surface area contributed by atoms with E-state index in [1.54, 1.807) is 0 Å². The predicted molar refractivity (Wildman–Crippen MR) is 89.2 cm³/mol. The minimum atomic E-state index is 0.627. The van der Waals surface area contributed by atoms with Crippen molar-refractivity contribution < 1.29 is 9.47 Å². The fraction of sp³-hybridized carbons (Fsp3) is 0.667. The number of para-hydroxylation sites is 1. The first-order valence-corrected chi connectivity index (χ1v) is 8.28. The molecule has 0 aromatic heterocycles. The number of benzene rings is 1. The number of hydrogen-bond donors (Lipinski definition) is 1. The topological polar surface area (TPSA) is 30.5 Å². The molecule has 0 saturated heterocycles. The van der Waals surface area contributed by atoms with Crippen molar-refractivity contribution in [1.82, 2.24) is 5.32 Å². The minimum absolute atomic E-state index is 0.627. The summed E-state index contributed by atoms with van der Waals surface area (Å²) < 4.78 is 11.9. The first-order valence-electron chi connectivity index (χ1n) is 8.28. The molecule has 0 fully saturated rings. The van der Waals surface area contributed by atoms with Crippen LogP contribution in [0.1, 0.15) is 52.0 Å². The molecule has 1 unspecified atom stereocenters. The molecule has 0 amide bonds. The van der Waals surface area contributed by atoms with Gasteiger partial charge in [0, 0.05) is 12.1 Å². The van der Waals surface area contributed by atoms with E-state index in [9.17, 15) is 0 Å². The van der Waals surface area contributed by atoms with Crippen LogP contribution in [0.4, 0.5) is 0 Å². The van der Waals surface area contributed by atoms with Crippen molar-refractivity contribution in [2.24, 2.45) is 5.92 Å². The van der Waals surface area contributed by atoms with Crippen LogP contribution in [0.2, 0.25) is 0 Å². The summed E-state index contributed by atoms with van der Waals surface area (Å²) in [6.07, 6.45) is 4.93. The zero-order valence-electron chi connectivity index (χ0n) is 14.1. The Balaban J connectivity index is 2.77. The Hall–Kier alpha value is -1.22. The summed E-state index contributed by atoms with van der Waals surface area (Å²) in [5, 5.41) is 3.19. The fourth-order valence-corrected chi connectivity index (χ4v) is 2.42. The summed E-state index contributed by atoms with van der Waals surface area (Å²) in [6.45, 7) is 8.71. The second-order valence-corrected chi connectivity index (χ2v) is 5.44. The van der Waals surface area contributed by atoms with Crippen molar-refractivity contribution in [3.63, 3.8) is 0 Å². The molecule has 3 heteroatoms. The van der Waals surface area contributed by atoms with Crippen LogP contribution in [0.3, 0.4) is 0 Å². The second-order valence-electron chi connectivity index (χ2n) is 5.44. The molecule has 0 aliphatic heterocycles. The Labute approximate surface area is 130 Å². The summed E-state index contributed by atoms with van der Waals surface area (Å²) in [5.74, 6) is 2.39. The third-order valence-corrected chi connectivity index (χ3v) is 3.73. The maximum Gasteiger partial charge on any atom is 0.165 e. The van der Waals surface area contributed by atoms with Gasteiger partial charge in [0.2, 0.25) is 0 Å². The zero-order valence-corrected chi connectivity index (χ0v) is 14.1. The van der Waals surface area contributed by atoms with Crippen molar-refractivity contribution >= 4 is 0 Å². The Bertz CT molecular complexity index is 369. The average molecular weight is 293 g/mol. The third-order valence-electron chi connectivity index (χ3n) is 3.73. The fourth-order valence-electron chi connectivity index (χ4n) is 2.42. The van der Waals surface area contributed by atoms with E-state index >= 15 is 0 Å². The number of hydrogen-bond acceptors (Lipinski definition) is 3. The highest BCUT2D eigenvalue weighted by Gasteiger charge is 2.13. The van der Waals surface area contributed by atoms with E-state index in [1.807, 2.05) is 26.1 Å². The van der Waals surface area contributed by atoms with Gasteiger partial charge in [0.05, 0.1) is 13.2 Å². The molecule has 21 heavy (non-hydrogen) atoms. The third kappa shape index (κ3) is 5.96. The van der Waals surface area contributed by atoms with Crippen LogP contribution in [-0.4, -0.2) is 20.3 Å². The van der Waals surface area contributed by atoms with E-state index in [0.29, 0.717) is 12.5 Å². The van der Waals surface area contributed by atoms with E-state index in [4.69, 9.17) is 9.47 Å². The van der Waals surface area contributed by atoms with E-state index < -0.39 is 0 Å². The van der Waals surface area contributed by atoms with Crippen molar-refractivity contribution in [1.29, 1.82) is 0 Å². The van der Waals surface area contributed by atoms with Crippen LogP contribution >= 0.6 is 0 Å². The number of ether oxygens (including phenoxy) is 2. The smallest absolute Gasteiger partial charge is 0.165 e. The van der Waals surface area contributed by atoms with Gasteiger partial charge in [0.25, 0.3) is 0 Å². The average Bonchev–Trinajstić information content (AvgIpc) is 2.50. The molecule has 3 nitrogen and oxygen atoms in total. The highest BCUT2D eigenvalue weighted by Crippen LogP contribution is 2.32. The van der Waals surface area contributed by atoms with E-state index in [1.165, 1.54) is 19.3 Å². The maximum atomic E-state index is 6.16. The van der Waals surface area contributed by atoms with Gasteiger partial charge in [-0.3, -0.25) is 0 Å². The SMILES string of the molecule is CCCCC(CC)COc1c(CNC)cccc1OCC. The summed E-state index contributed by atoms with van der Waals surface area (Å²) in [5.41, 5.74) is 1.16. The molecule has 0 spiro atoms. The number of rotatable bonds is 11. The summed E-state index contributed by atoms with van der Waals surface area (Å²) >= 11 is 0. The van der Waals surface area contributed by atoms with Crippen LogP contribution in [-0.2, 0) is 6.54 Å². The molecule has 0 bridgehead atoms. The largest absolute Gasteiger partial charge is 0.490 e. The summed E-state index contributed by atoms with van der Waals surface area (Å²) in [4.78, 5) is 0. The molecular weight excluding hydrogens is 262 g/mol. The highest BCUT2D eigenvalue weighted by molar-refractivity contribution is 5.46. The first-order chi connectivity index (χ1) is 10.3. The van der Waals surface area contributed by atoms with Gasteiger partial charge in [-0.1, -0.05) is 45.2 Å².